The first-order valence-corrected chi connectivity index (χ1v) is 13.6. The molecule has 0 bridgehead atoms. The molecule has 9 heteroatoms. The van der Waals surface area contributed by atoms with E-state index in [1.165, 1.54) is 25.0 Å². The van der Waals surface area contributed by atoms with Crippen LogP contribution in [0.15, 0.2) is 48.5 Å². The maximum absolute atomic E-state index is 14.1. The molecule has 190 valence electrons. The highest BCUT2D eigenvalue weighted by Crippen LogP contribution is 2.30. The Labute approximate surface area is 214 Å². The molecule has 1 aromatic heterocycles. The SMILES string of the molecule is O=C(NCCN1CCCC1)c1cc(-c2ccc(C(O)(O)N3CCSCC3)cc2)nc2ccc(F)cc12. The molecule has 0 aliphatic carbocycles. The van der Waals surface area contributed by atoms with Crippen molar-refractivity contribution in [2.75, 3.05) is 50.8 Å². The minimum atomic E-state index is -2.05. The van der Waals surface area contributed by atoms with Gasteiger partial charge < -0.3 is 20.4 Å². The average Bonchev–Trinajstić information content (AvgIpc) is 3.42. The zero-order chi connectivity index (χ0) is 25.1. The van der Waals surface area contributed by atoms with Crippen molar-refractivity contribution in [1.29, 1.82) is 0 Å². The quantitative estimate of drug-likeness (QED) is 0.421. The molecule has 0 saturated carbocycles. The minimum absolute atomic E-state index is 0.266. The monoisotopic (exact) mass is 510 g/mol. The van der Waals surface area contributed by atoms with Gasteiger partial charge in [-0.25, -0.2) is 14.3 Å². The maximum Gasteiger partial charge on any atom is 0.253 e. The highest BCUT2D eigenvalue weighted by Gasteiger charge is 2.34. The van der Waals surface area contributed by atoms with Crippen molar-refractivity contribution < 1.29 is 19.4 Å². The molecule has 3 aromatic rings. The van der Waals surface area contributed by atoms with Gasteiger partial charge in [-0.2, -0.15) is 11.8 Å². The lowest BCUT2D eigenvalue weighted by molar-refractivity contribution is -0.273. The molecule has 3 N–H and O–H groups in total. The zero-order valence-corrected chi connectivity index (χ0v) is 20.9. The van der Waals surface area contributed by atoms with E-state index in [4.69, 9.17) is 0 Å². The van der Waals surface area contributed by atoms with Crippen molar-refractivity contribution in [2.45, 2.75) is 18.8 Å². The third-order valence-corrected chi connectivity index (χ3v) is 7.89. The third-order valence-electron chi connectivity index (χ3n) is 6.95. The van der Waals surface area contributed by atoms with Crippen LogP contribution in [-0.2, 0) is 5.91 Å². The Morgan fingerprint density at radius 2 is 1.75 bits per heavy atom. The van der Waals surface area contributed by atoms with E-state index >= 15 is 0 Å². The molecule has 2 saturated heterocycles. The third kappa shape index (κ3) is 5.40. The average molecular weight is 511 g/mol. The van der Waals surface area contributed by atoms with Gasteiger partial charge in [-0.15, -0.1) is 0 Å². The molecule has 0 spiro atoms. The minimum Gasteiger partial charge on any atom is -0.351 e. The Morgan fingerprint density at radius 1 is 1.03 bits per heavy atom. The van der Waals surface area contributed by atoms with E-state index in [9.17, 15) is 19.4 Å². The van der Waals surface area contributed by atoms with E-state index in [0.717, 1.165) is 36.7 Å². The van der Waals surface area contributed by atoms with Crippen LogP contribution in [0.25, 0.3) is 22.2 Å². The van der Waals surface area contributed by atoms with E-state index in [0.29, 0.717) is 47.4 Å². The summed E-state index contributed by atoms with van der Waals surface area (Å²) < 4.78 is 14.1. The molecule has 2 aromatic carbocycles. The smallest absolute Gasteiger partial charge is 0.253 e. The first-order chi connectivity index (χ1) is 17.4. The summed E-state index contributed by atoms with van der Waals surface area (Å²) in [5, 5.41) is 25.0. The second-order valence-corrected chi connectivity index (χ2v) is 10.6. The van der Waals surface area contributed by atoms with Gasteiger partial charge in [0.05, 0.1) is 16.8 Å². The summed E-state index contributed by atoms with van der Waals surface area (Å²) >= 11 is 1.80. The summed E-state index contributed by atoms with van der Waals surface area (Å²) in [4.78, 5) is 21.8. The predicted molar refractivity (Wildman–Crippen MR) is 140 cm³/mol. The van der Waals surface area contributed by atoms with Gasteiger partial charge in [0.1, 0.15) is 5.82 Å². The standard InChI is InChI=1S/C27H31FN4O3S/c28-21-7-8-24-22(17-21)23(26(33)29-9-12-31-10-1-2-11-31)18-25(30-24)19-3-5-20(6-4-19)27(34,35)32-13-15-36-16-14-32/h3-8,17-18,34-35H,1-2,9-16H2,(H,29,33). The zero-order valence-electron chi connectivity index (χ0n) is 20.1. The lowest BCUT2D eigenvalue weighted by atomic mass is 10.0. The number of benzene rings is 2. The van der Waals surface area contributed by atoms with Crippen molar-refractivity contribution in [3.8, 4) is 11.3 Å². The summed E-state index contributed by atoms with van der Waals surface area (Å²) in [7, 11) is 0. The number of rotatable bonds is 7. The molecule has 5 rings (SSSR count). The predicted octanol–water partition coefficient (Wildman–Crippen LogP) is 3.01. The molecule has 0 unspecified atom stereocenters. The van der Waals surface area contributed by atoms with E-state index in [-0.39, 0.29) is 5.91 Å². The highest BCUT2D eigenvalue weighted by molar-refractivity contribution is 7.99. The van der Waals surface area contributed by atoms with E-state index in [1.54, 1.807) is 53.1 Å². The van der Waals surface area contributed by atoms with Crippen LogP contribution in [0.1, 0.15) is 28.8 Å². The largest absolute Gasteiger partial charge is 0.351 e. The summed E-state index contributed by atoms with van der Waals surface area (Å²) in [6, 6.07) is 12.8. The summed E-state index contributed by atoms with van der Waals surface area (Å²) in [5.74, 6) is -1.03. The second kappa shape index (κ2) is 10.8. The summed E-state index contributed by atoms with van der Waals surface area (Å²) in [6.45, 7) is 4.61. The van der Waals surface area contributed by atoms with Gasteiger partial charge in [0, 0.05) is 54.2 Å². The van der Waals surface area contributed by atoms with Gasteiger partial charge in [0.2, 0.25) is 0 Å². The van der Waals surface area contributed by atoms with E-state index in [2.05, 4.69) is 15.2 Å². The number of likely N-dealkylation sites (tertiary alicyclic amines) is 1. The molecule has 0 radical (unpaired) electrons. The van der Waals surface area contributed by atoms with Crippen molar-refractivity contribution >= 4 is 28.6 Å². The number of carbonyl (C=O) groups excluding carboxylic acids is 1. The summed E-state index contributed by atoms with van der Waals surface area (Å²) in [6.07, 6.45) is 2.38. The van der Waals surface area contributed by atoms with E-state index < -0.39 is 11.7 Å². The van der Waals surface area contributed by atoms with Crippen LogP contribution in [0.5, 0.6) is 0 Å². The Bertz CT molecular complexity index is 1230. The number of aliphatic hydroxyl groups is 2. The van der Waals surface area contributed by atoms with Crippen LogP contribution in [0, 0.1) is 5.82 Å². The number of hydrogen-bond acceptors (Lipinski definition) is 7. The van der Waals surface area contributed by atoms with Crippen LogP contribution < -0.4 is 5.32 Å². The highest BCUT2D eigenvalue weighted by atomic mass is 32.2. The second-order valence-electron chi connectivity index (χ2n) is 9.33. The molecule has 1 amide bonds. The molecule has 2 fully saturated rings. The number of hydrogen-bond donors (Lipinski definition) is 3. The van der Waals surface area contributed by atoms with Crippen LogP contribution in [-0.4, -0.2) is 81.7 Å². The number of nitrogens with one attached hydrogen (secondary N) is 1. The maximum atomic E-state index is 14.1. The van der Waals surface area contributed by atoms with Crippen LogP contribution >= 0.6 is 11.8 Å². The number of pyridine rings is 1. The molecular weight excluding hydrogens is 479 g/mol. The number of fused-ring (bicyclic) bond motifs is 1. The first kappa shape index (κ1) is 25.1. The van der Waals surface area contributed by atoms with Crippen LogP contribution in [0.4, 0.5) is 4.39 Å². The Balaban J connectivity index is 1.41. The Kier molecular flexibility index (Phi) is 7.55. The lowest BCUT2D eigenvalue weighted by Gasteiger charge is -2.37. The molecule has 0 atom stereocenters. The van der Waals surface area contributed by atoms with Crippen LogP contribution in [0.2, 0.25) is 0 Å². The lowest BCUT2D eigenvalue weighted by Crippen LogP contribution is -2.49. The van der Waals surface area contributed by atoms with Crippen LogP contribution in [0.3, 0.4) is 0 Å². The normalized spacial score (nSPS) is 17.5. The fraction of sp³-hybridized carbons (Fsp3) is 0.407. The van der Waals surface area contributed by atoms with Gasteiger partial charge in [0.15, 0.2) is 0 Å². The molecule has 36 heavy (non-hydrogen) atoms. The molecular formula is C27H31FN4O3S. The first-order valence-electron chi connectivity index (χ1n) is 12.4. The van der Waals surface area contributed by atoms with Gasteiger partial charge in [-0.1, -0.05) is 24.3 Å². The Morgan fingerprint density at radius 3 is 2.47 bits per heavy atom. The number of aromatic nitrogens is 1. The Hall–Kier alpha value is -2.56. The number of nitrogens with zero attached hydrogens (tertiary/aromatic N) is 3. The number of thioether (sulfide) groups is 1. The number of amides is 1. The van der Waals surface area contributed by atoms with Crippen molar-refractivity contribution in [2.24, 2.45) is 0 Å². The fourth-order valence-electron chi connectivity index (χ4n) is 4.89. The molecule has 2 aliphatic rings. The van der Waals surface area contributed by atoms with E-state index in [1.807, 2.05) is 0 Å². The van der Waals surface area contributed by atoms with Crippen molar-refractivity contribution in [3.63, 3.8) is 0 Å². The topological polar surface area (TPSA) is 88.9 Å². The molecule has 2 aliphatic heterocycles. The van der Waals surface area contributed by atoms with Crippen molar-refractivity contribution in [1.82, 2.24) is 20.1 Å². The van der Waals surface area contributed by atoms with Gasteiger partial charge >= 0.3 is 0 Å². The van der Waals surface area contributed by atoms with Gasteiger partial charge in [0.25, 0.3) is 11.8 Å². The molecule has 3 heterocycles. The van der Waals surface area contributed by atoms with Crippen molar-refractivity contribution in [3.05, 3.63) is 65.5 Å². The fourth-order valence-corrected chi connectivity index (χ4v) is 5.79. The van der Waals surface area contributed by atoms with Gasteiger partial charge in [-0.3, -0.25) is 4.79 Å². The summed E-state index contributed by atoms with van der Waals surface area (Å²) in [5.41, 5.74) is 2.54. The number of carbonyl (C=O) groups is 1. The number of halogens is 1. The molecule has 7 nitrogen and oxygen atoms in total. The van der Waals surface area contributed by atoms with Gasteiger partial charge in [-0.05, 0) is 50.2 Å².